The molecule has 1 aliphatic rings. The number of anilines is 1. The van der Waals surface area contributed by atoms with Crippen molar-refractivity contribution in [2.24, 2.45) is 11.8 Å². The van der Waals surface area contributed by atoms with Crippen molar-refractivity contribution in [1.29, 1.82) is 0 Å². The average molecular weight is 411 g/mol. The number of nitrogens with zero attached hydrogens (tertiary/aromatic N) is 1. The lowest BCUT2D eigenvalue weighted by atomic mass is 10.1. The van der Waals surface area contributed by atoms with Crippen LogP contribution in [-0.4, -0.2) is 16.7 Å². The van der Waals surface area contributed by atoms with Crippen molar-refractivity contribution in [3.8, 4) is 0 Å². The second kappa shape index (κ2) is 8.29. The minimum absolute atomic E-state index is 0.0299. The first kappa shape index (κ1) is 18.9. The largest absolute Gasteiger partial charge is 0.328 e. The topological polar surface area (TPSA) is 49.4 Å². The summed E-state index contributed by atoms with van der Waals surface area (Å²) in [7, 11) is 0. The average Bonchev–Trinajstić information content (AvgIpc) is 3.09. The third kappa shape index (κ3) is 4.51. The summed E-state index contributed by atoms with van der Waals surface area (Å²) < 4.78 is 0. The van der Waals surface area contributed by atoms with Gasteiger partial charge in [-0.15, -0.1) is 22.7 Å². The van der Waals surface area contributed by atoms with Crippen LogP contribution in [-0.2, 0) is 17.9 Å². The van der Waals surface area contributed by atoms with E-state index in [4.69, 9.17) is 0 Å². The number of benzene rings is 1. The van der Waals surface area contributed by atoms with Gasteiger partial charge in [0.25, 0.3) is 5.91 Å². The molecule has 2 amide bonds. The fourth-order valence-electron chi connectivity index (χ4n) is 3.22. The Labute approximate surface area is 172 Å². The van der Waals surface area contributed by atoms with Gasteiger partial charge in [-0.1, -0.05) is 25.1 Å². The molecule has 2 unspecified atom stereocenters. The highest BCUT2D eigenvalue weighted by molar-refractivity contribution is 7.10. The van der Waals surface area contributed by atoms with E-state index < -0.39 is 0 Å². The Balaban J connectivity index is 1.52. The fourth-order valence-corrected chi connectivity index (χ4v) is 4.65. The van der Waals surface area contributed by atoms with E-state index >= 15 is 0 Å². The highest BCUT2D eigenvalue weighted by atomic mass is 32.1. The molecule has 1 fully saturated rings. The van der Waals surface area contributed by atoms with Crippen molar-refractivity contribution in [3.05, 3.63) is 74.6 Å². The van der Waals surface area contributed by atoms with Crippen molar-refractivity contribution >= 4 is 40.2 Å². The smallest absolute Gasteiger partial charge is 0.254 e. The summed E-state index contributed by atoms with van der Waals surface area (Å²) in [6.07, 6.45) is 0.944. The van der Waals surface area contributed by atoms with Crippen LogP contribution in [0.15, 0.2) is 59.3 Å². The van der Waals surface area contributed by atoms with Gasteiger partial charge in [0.1, 0.15) is 0 Å². The number of carbonyl (C=O) groups excluding carboxylic acids is 2. The van der Waals surface area contributed by atoms with E-state index in [2.05, 4.69) is 12.2 Å². The van der Waals surface area contributed by atoms with Crippen LogP contribution in [0.25, 0.3) is 0 Å². The Bertz CT molecular complexity index is 915. The second-order valence-electron chi connectivity index (χ2n) is 7.21. The predicted octanol–water partition coefficient (Wildman–Crippen LogP) is 5.25. The number of hydrogen-bond donors (Lipinski definition) is 1. The molecule has 144 valence electrons. The molecule has 0 saturated heterocycles. The molecule has 2 aromatic heterocycles. The highest BCUT2D eigenvalue weighted by Gasteiger charge is 2.39. The van der Waals surface area contributed by atoms with Gasteiger partial charge in [-0.05, 0) is 53.4 Å². The van der Waals surface area contributed by atoms with Crippen LogP contribution in [0, 0.1) is 11.8 Å². The Morgan fingerprint density at radius 3 is 2.21 bits per heavy atom. The molecule has 1 N–H and O–H groups in total. The first-order chi connectivity index (χ1) is 13.6. The van der Waals surface area contributed by atoms with Gasteiger partial charge in [0.2, 0.25) is 5.91 Å². The summed E-state index contributed by atoms with van der Waals surface area (Å²) in [6.45, 7) is 3.23. The van der Waals surface area contributed by atoms with Crippen molar-refractivity contribution < 1.29 is 9.59 Å². The molecule has 0 aliphatic heterocycles. The molecule has 1 aliphatic carbocycles. The standard InChI is InChI=1S/C22H22N2O2S2/c1-15-11-20(15)21(25)23-17-6-2-5-16(12-17)22(26)24(13-18-7-3-9-27-18)14-19-8-4-10-28-19/h2-10,12,15,20H,11,13-14H2,1H3,(H,23,25). The maximum absolute atomic E-state index is 13.3. The van der Waals surface area contributed by atoms with Gasteiger partial charge >= 0.3 is 0 Å². The summed E-state index contributed by atoms with van der Waals surface area (Å²) in [5, 5.41) is 7.01. The van der Waals surface area contributed by atoms with Gasteiger partial charge in [0.05, 0.1) is 13.1 Å². The number of hydrogen-bond acceptors (Lipinski definition) is 4. The summed E-state index contributed by atoms with van der Waals surface area (Å²) in [6, 6.07) is 15.4. The van der Waals surface area contributed by atoms with Gasteiger partial charge in [0.15, 0.2) is 0 Å². The number of nitrogens with one attached hydrogen (secondary N) is 1. The molecule has 28 heavy (non-hydrogen) atoms. The molecule has 4 rings (SSSR count). The first-order valence-corrected chi connectivity index (χ1v) is 11.1. The van der Waals surface area contributed by atoms with Gasteiger partial charge in [-0.2, -0.15) is 0 Å². The molecule has 6 heteroatoms. The molecule has 0 bridgehead atoms. The lowest BCUT2D eigenvalue weighted by molar-refractivity contribution is -0.117. The molecule has 0 spiro atoms. The summed E-state index contributed by atoms with van der Waals surface area (Å²) in [4.78, 5) is 29.6. The zero-order valence-corrected chi connectivity index (χ0v) is 17.3. The molecule has 1 aromatic carbocycles. The second-order valence-corrected chi connectivity index (χ2v) is 9.27. The molecule has 3 aromatic rings. The Hall–Kier alpha value is -2.44. The van der Waals surface area contributed by atoms with Crippen molar-refractivity contribution in [3.63, 3.8) is 0 Å². The number of rotatable bonds is 7. The Morgan fingerprint density at radius 1 is 1.04 bits per heavy atom. The summed E-state index contributed by atoms with van der Waals surface area (Å²) in [5.74, 6) is 0.578. The van der Waals surface area contributed by atoms with E-state index in [0.29, 0.717) is 30.3 Å². The van der Waals surface area contributed by atoms with Crippen LogP contribution >= 0.6 is 22.7 Å². The lowest BCUT2D eigenvalue weighted by Gasteiger charge is -2.22. The van der Waals surface area contributed by atoms with E-state index in [1.54, 1.807) is 28.7 Å². The Kier molecular flexibility index (Phi) is 5.59. The quantitative estimate of drug-likeness (QED) is 0.578. The summed E-state index contributed by atoms with van der Waals surface area (Å²) in [5.41, 5.74) is 1.27. The van der Waals surface area contributed by atoms with E-state index in [1.165, 1.54) is 0 Å². The lowest BCUT2D eigenvalue weighted by Crippen LogP contribution is -2.29. The zero-order chi connectivity index (χ0) is 19.5. The van der Waals surface area contributed by atoms with Crippen LogP contribution < -0.4 is 5.32 Å². The van der Waals surface area contributed by atoms with Crippen molar-refractivity contribution in [2.75, 3.05) is 5.32 Å². The normalized spacial score (nSPS) is 17.9. The first-order valence-electron chi connectivity index (χ1n) is 9.35. The van der Waals surface area contributed by atoms with Crippen molar-refractivity contribution in [1.82, 2.24) is 4.90 Å². The molecular weight excluding hydrogens is 388 g/mol. The van der Waals surface area contributed by atoms with Gasteiger partial charge in [-0.3, -0.25) is 9.59 Å². The number of amides is 2. The van der Waals surface area contributed by atoms with E-state index in [1.807, 2.05) is 58.1 Å². The van der Waals surface area contributed by atoms with Crippen LogP contribution in [0.2, 0.25) is 0 Å². The fraction of sp³-hybridized carbons (Fsp3) is 0.273. The number of carbonyl (C=O) groups is 2. The summed E-state index contributed by atoms with van der Waals surface area (Å²) >= 11 is 3.30. The Morgan fingerprint density at radius 2 is 1.68 bits per heavy atom. The van der Waals surface area contributed by atoms with Crippen LogP contribution in [0.4, 0.5) is 5.69 Å². The maximum Gasteiger partial charge on any atom is 0.254 e. The van der Waals surface area contributed by atoms with E-state index in [0.717, 1.165) is 16.2 Å². The molecule has 0 radical (unpaired) electrons. The van der Waals surface area contributed by atoms with Crippen molar-refractivity contribution in [2.45, 2.75) is 26.4 Å². The minimum Gasteiger partial charge on any atom is -0.328 e. The van der Waals surface area contributed by atoms with E-state index in [-0.39, 0.29) is 17.7 Å². The van der Waals surface area contributed by atoms with Crippen LogP contribution in [0.1, 0.15) is 33.5 Å². The predicted molar refractivity (Wildman–Crippen MR) is 115 cm³/mol. The molecule has 1 saturated carbocycles. The molecule has 4 nitrogen and oxygen atoms in total. The minimum atomic E-state index is -0.0299. The van der Waals surface area contributed by atoms with E-state index in [9.17, 15) is 9.59 Å². The molecule has 2 atom stereocenters. The van der Waals surface area contributed by atoms with Crippen LogP contribution in [0.3, 0.4) is 0 Å². The number of thiophene rings is 2. The monoisotopic (exact) mass is 410 g/mol. The zero-order valence-electron chi connectivity index (χ0n) is 15.6. The van der Waals surface area contributed by atoms with Gasteiger partial charge < -0.3 is 10.2 Å². The van der Waals surface area contributed by atoms with Gasteiger partial charge in [0, 0.05) is 26.9 Å². The SMILES string of the molecule is CC1CC1C(=O)Nc1cccc(C(=O)N(Cc2cccs2)Cc2cccs2)c1. The van der Waals surface area contributed by atoms with Gasteiger partial charge in [-0.25, -0.2) is 0 Å². The maximum atomic E-state index is 13.3. The molecule has 2 heterocycles. The third-order valence-corrected chi connectivity index (χ3v) is 6.69. The van der Waals surface area contributed by atoms with Crippen LogP contribution in [0.5, 0.6) is 0 Å². The third-order valence-electron chi connectivity index (χ3n) is 4.96. The molecular formula is C22H22N2O2S2. The highest BCUT2D eigenvalue weighted by Crippen LogP contribution is 2.38.